The molecule has 1 aliphatic rings. The summed E-state index contributed by atoms with van der Waals surface area (Å²) in [5, 5.41) is 9.55. The lowest BCUT2D eigenvalue weighted by molar-refractivity contribution is 0.121. The van der Waals surface area contributed by atoms with E-state index in [-0.39, 0.29) is 0 Å². The average Bonchev–Trinajstić information content (AvgIpc) is 3.05. The van der Waals surface area contributed by atoms with Crippen molar-refractivity contribution in [2.24, 2.45) is 0 Å². The Hall–Kier alpha value is -2.08. The lowest BCUT2D eigenvalue weighted by Crippen LogP contribution is -2.45. The molecule has 3 aromatic rings. The Morgan fingerprint density at radius 2 is 1.81 bits per heavy atom. The number of piperazine rings is 1. The number of methoxy groups -OCH3 is 1. The van der Waals surface area contributed by atoms with Gasteiger partial charge < -0.3 is 4.74 Å². The first-order valence-corrected chi connectivity index (χ1v) is 9.29. The van der Waals surface area contributed by atoms with Gasteiger partial charge in [-0.25, -0.2) is 0 Å². The Bertz CT molecular complexity index is 886. The number of nitrogens with zero attached hydrogens (tertiary/aromatic N) is 3. The maximum atomic E-state index is 6.09. The van der Waals surface area contributed by atoms with Crippen LogP contribution in [-0.2, 0) is 13.1 Å². The molecule has 0 bridgehead atoms. The molecule has 2 aromatic carbocycles. The summed E-state index contributed by atoms with van der Waals surface area (Å²) < 4.78 is 5.34. The van der Waals surface area contributed by atoms with E-state index in [1.165, 1.54) is 5.56 Å². The van der Waals surface area contributed by atoms with Crippen LogP contribution in [0.1, 0.15) is 11.3 Å². The molecular weight excluding hydrogens is 348 g/mol. The number of aromatic amines is 1. The number of ether oxygens (including phenoxy) is 1. The largest absolute Gasteiger partial charge is 0.497 e. The molecule has 4 rings (SSSR count). The van der Waals surface area contributed by atoms with E-state index >= 15 is 0 Å². The van der Waals surface area contributed by atoms with Crippen molar-refractivity contribution in [3.63, 3.8) is 0 Å². The maximum absolute atomic E-state index is 6.09. The van der Waals surface area contributed by atoms with E-state index in [1.807, 2.05) is 24.3 Å². The minimum atomic E-state index is 0.808. The van der Waals surface area contributed by atoms with Crippen molar-refractivity contribution in [2.75, 3.05) is 33.3 Å². The highest BCUT2D eigenvalue weighted by atomic mass is 35.5. The third-order valence-electron chi connectivity index (χ3n) is 4.98. The molecule has 0 amide bonds. The molecule has 0 spiro atoms. The van der Waals surface area contributed by atoms with Crippen LogP contribution in [0.2, 0.25) is 5.02 Å². The summed E-state index contributed by atoms with van der Waals surface area (Å²) >= 11 is 6.09. The van der Waals surface area contributed by atoms with Crippen molar-refractivity contribution in [1.29, 1.82) is 0 Å². The lowest BCUT2D eigenvalue weighted by atomic mass is 10.1. The Morgan fingerprint density at radius 1 is 1.04 bits per heavy atom. The summed E-state index contributed by atoms with van der Waals surface area (Å²) in [4.78, 5) is 4.96. The van der Waals surface area contributed by atoms with Gasteiger partial charge in [0.25, 0.3) is 0 Å². The van der Waals surface area contributed by atoms with Crippen LogP contribution in [0, 0.1) is 0 Å². The molecule has 0 saturated carbocycles. The molecule has 136 valence electrons. The second-order valence-corrected chi connectivity index (χ2v) is 7.20. The predicted molar refractivity (Wildman–Crippen MR) is 105 cm³/mol. The van der Waals surface area contributed by atoms with E-state index in [0.717, 1.165) is 66.6 Å². The van der Waals surface area contributed by atoms with E-state index in [2.05, 4.69) is 38.2 Å². The molecule has 2 heterocycles. The molecule has 5 nitrogen and oxygen atoms in total. The highest BCUT2D eigenvalue weighted by Crippen LogP contribution is 2.23. The molecule has 1 aromatic heterocycles. The van der Waals surface area contributed by atoms with E-state index in [0.29, 0.717) is 0 Å². The average molecular weight is 371 g/mol. The number of halogens is 1. The molecule has 1 N–H and O–H groups in total. The van der Waals surface area contributed by atoms with Crippen molar-refractivity contribution in [1.82, 2.24) is 20.0 Å². The van der Waals surface area contributed by atoms with Crippen molar-refractivity contribution < 1.29 is 4.74 Å². The Labute approximate surface area is 158 Å². The van der Waals surface area contributed by atoms with Gasteiger partial charge >= 0.3 is 0 Å². The number of nitrogens with one attached hydrogen (secondary N) is 1. The van der Waals surface area contributed by atoms with Crippen LogP contribution in [0.15, 0.2) is 42.5 Å². The number of hydrogen-bond donors (Lipinski definition) is 1. The van der Waals surface area contributed by atoms with Crippen LogP contribution in [0.4, 0.5) is 0 Å². The number of rotatable bonds is 5. The zero-order chi connectivity index (χ0) is 17.9. The SMILES string of the molecule is COc1ccc2n[nH]c(CN3CCN(Cc4cccc(Cl)c4)CC3)c2c1. The summed E-state index contributed by atoms with van der Waals surface area (Å²) in [5.41, 5.74) is 3.42. The van der Waals surface area contributed by atoms with Crippen molar-refractivity contribution in [3.05, 3.63) is 58.7 Å². The highest BCUT2D eigenvalue weighted by Gasteiger charge is 2.19. The standard InChI is InChI=1S/C20H23ClN4O/c1-26-17-5-6-19-18(12-17)20(23-22-19)14-25-9-7-24(8-10-25)13-15-3-2-4-16(21)11-15/h2-6,11-12H,7-10,13-14H2,1H3,(H,22,23). The molecule has 0 atom stereocenters. The molecule has 26 heavy (non-hydrogen) atoms. The lowest BCUT2D eigenvalue weighted by Gasteiger charge is -2.34. The highest BCUT2D eigenvalue weighted by molar-refractivity contribution is 6.30. The fourth-order valence-electron chi connectivity index (χ4n) is 3.51. The minimum Gasteiger partial charge on any atom is -0.497 e. The summed E-state index contributed by atoms with van der Waals surface area (Å²) in [6, 6.07) is 14.1. The van der Waals surface area contributed by atoms with Crippen LogP contribution in [0.25, 0.3) is 10.9 Å². The zero-order valence-corrected chi connectivity index (χ0v) is 15.7. The zero-order valence-electron chi connectivity index (χ0n) is 14.9. The quantitative estimate of drug-likeness (QED) is 0.746. The summed E-state index contributed by atoms with van der Waals surface area (Å²) in [5.74, 6) is 0.867. The van der Waals surface area contributed by atoms with Gasteiger partial charge in [0.1, 0.15) is 5.75 Å². The van der Waals surface area contributed by atoms with Gasteiger partial charge in [-0.1, -0.05) is 23.7 Å². The topological polar surface area (TPSA) is 44.4 Å². The number of benzene rings is 2. The van der Waals surface area contributed by atoms with Gasteiger partial charge in [0.15, 0.2) is 0 Å². The maximum Gasteiger partial charge on any atom is 0.119 e. The van der Waals surface area contributed by atoms with E-state index < -0.39 is 0 Å². The number of aromatic nitrogens is 2. The Morgan fingerprint density at radius 3 is 2.54 bits per heavy atom. The van der Waals surface area contributed by atoms with E-state index in [4.69, 9.17) is 16.3 Å². The van der Waals surface area contributed by atoms with Crippen molar-refractivity contribution >= 4 is 22.5 Å². The smallest absolute Gasteiger partial charge is 0.119 e. The van der Waals surface area contributed by atoms with Crippen LogP contribution in [-0.4, -0.2) is 53.3 Å². The fourth-order valence-corrected chi connectivity index (χ4v) is 3.73. The molecule has 1 saturated heterocycles. The van der Waals surface area contributed by atoms with Crippen LogP contribution in [0.5, 0.6) is 5.75 Å². The molecule has 0 unspecified atom stereocenters. The van der Waals surface area contributed by atoms with Crippen molar-refractivity contribution in [3.8, 4) is 5.75 Å². The Balaban J connectivity index is 1.37. The second kappa shape index (κ2) is 7.66. The van der Waals surface area contributed by atoms with Gasteiger partial charge in [-0.2, -0.15) is 5.10 Å². The molecular formula is C20H23ClN4O. The molecule has 1 fully saturated rings. The predicted octanol–water partition coefficient (Wildman–Crippen LogP) is 3.54. The van der Waals surface area contributed by atoms with Crippen LogP contribution >= 0.6 is 11.6 Å². The van der Waals surface area contributed by atoms with E-state index in [9.17, 15) is 0 Å². The second-order valence-electron chi connectivity index (χ2n) is 6.77. The normalized spacial score (nSPS) is 16.2. The van der Waals surface area contributed by atoms with Gasteiger partial charge in [0, 0.05) is 49.7 Å². The van der Waals surface area contributed by atoms with Gasteiger partial charge in [0.05, 0.1) is 18.3 Å². The third-order valence-corrected chi connectivity index (χ3v) is 5.22. The van der Waals surface area contributed by atoms with Gasteiger partial charge in [-0.15, -0.1) is 0 Å². The minimum absolute atomic E-state index is 0.808. The number of H-pyrrole nitrogens is 1. The van der Waals surface area contributed by atoms with Gasteiger partial charge in [0.2, 0.25) is 0 Å². The number of hydrogen-bond acceptors (Lipinski definition) is 4. The fraction of sp³-hybridized carbons (Fsp3) is 0.350. The monoisotopic (exact) mass is 370 g/mol. The first-order valence-electron chi connectivity index (χ1n) is 8.91. The molecule has 6 heteroatoms. The van der Waals surface area contributed by atoms with Gasteiger partial charge in [-0.05, 0) is 35.9 Å². The molecule has 0 aliphatic carbocycles. The van der Waals surface area contributed by atoms with E-state index in [1.54, 1.807) is 7.11 Å². The van der Waals surface area contributed by atoms with Crippen LogP contribution < -0.4 is 4.74 Å². The molecule has 1 aliphatic heterocycles. The van der Waals surface area contributed by atoms with Crippen molar-refractivity contribution in [2.45, 2.75) is 13.1 Å². The first-order chi connectivity index (χ1) is 12.7. The summed E-state index contributed by atoms with van der Waals surface area (Å²) in [6.07, 6.45) is 0. The van der Waals surface area contributed by atoms with Gasteiger partial charge in [-0.3, -0.25) is 14.9 Å². The summed E-state index contributed by atoms with van der Waals surface area (Å²) in [7, 11) is 1.69. The molecule has 0 radical (unpaired) electrons. The summed E-state index contributed by atoms with van der Waals surface area (Å²) in [6.45, 7) is 6.05. The first kappa shape index (κ1) is 17.3. The third kappa shape index (κ3) is 3.85. The Kier molecular flexibility index (Phi) is 5.11. The number of fused-ring (bicyclic) bond motifs is 1. The van der Waals surface area contributed by atoms with Crippen LogP contribution in [0.3, 0.4) is 0 Å².